The summed E-state index contributed by atoms with van der Waals surface area (Å²) in [5.74, 6) is 2.23. The highest BCUT2D eigenvalue weighted by Gasteiger charge is 2.21. The smallest absolute Gasteiger partial charge is 0.231 e. The van der Waals surface area contributed by atoms with E-state index in [0.717, 1.165) is 41.6 Å². The maximum absolute atomic E-state index is 6.54. The predicted octanol–water partition coefficient (Wildman–Crippen LogP) is 6.16. The van der Waals surface area contributed by atoms with Gasteiger partial charge in [0.1, 0.15) is 5.69 Å². The van der Waals surface area contributed by atoms with E-state index >= 15 is 0 Å². The number of fused-ring (bicyclic) bond motifs is 1. The Morgan fingerprint density at radius 3 is 2.71 bits per heavy atom. The fourth-order valence-electron chi connectivity index (χ4n) is 4.24. The Labute approximate surface area is 174 Å². The average Bonchev–Trinajstić information content (AvgIpc) is 3.44. The van der Waals surface area contributed by atoms with Crippen molar-refractivity contribution >= 4 is 22.9 Å². The molecule has 6 heteroatoms. The van der Waals surface area contributed by atoms with Gasteiger partial charge in [-0.3, -0.25) is 4.68 Å². The molecule has 2 aliphatic rings. The summed E-state index contributed by atoms with van der Waals surface area (Å²) < 4.78 is 13.1. The molecular formula is C22H23ClN2O2S. The summed E-state index contributed by atoms with van der Waals surface area (Å²) in [7, 11) is 0. The minimum atomic E-state index is 0.259. The molecule has 1 aromatic carbocycles. The van der Waals surface area contributed by atoms with Gasteiger partial charge in [0.25, 0.3) is 0 Å². The van der Waals surface area contributed by atoms with Gasteiger partial charge < -0.3 is 9.47 Å². The van der Waals surface area contributed by atoms with Crippen molar-refractivity contribution in [1.82, 2.24) is 9.78 Å². The van der Waals surface area contributed by atoms with E-state index in [1.165, 1.54) is 42.5 Å². The lowest BCUT2D eigenvalue weighted by Crippen LogP contribution is -2.14. The lowest BCUT2D eigenvalue weighted by atomic mass is 9.89. The van der Waals surface area contributed by atoms with E-state index in [-0.39, 0.29) is 6.79 Å². The summed E-state index contributed by atoms with van der Waals surface area (Å²) in [5.41, 5.74) is 3.32. The number of aromatic nitrogens is 2. The SMILES string of the molecule is Clc1cc2c(cc1Cc1cn(CC3CCCCC3)nc1-c1cccs1)OCO2. The first-order chi connectivity index (χ1) is 13.8. The Morgan fingerprint density at radius 1 is 1.11 bits per heavy atom. The fraction of sp³-hybridized carbons (Fsp3) is 0.409. The van der Waals surface area contributed by atoms with Crippen LogP contribution in [0.1, 0.15) is 43.2 Å². The molecule has 0 unspecified atom stereocenters. The molecule has 1 fully saturated rings. The van der Waals surface area contributed by atoms with E-state index in [1.807, 2.05) is 12.1 Å². The van der Waals surface area contributed by atoms with E-state index in [2.05, 4.69) is 28.4 Å². The average molecular weight is 415 g/mol. The summed E-state index contributed by atoms with van der Waals surface area (Å²) >= 11 is 8.27. The van der Waals surface area contributed by atoms with Gasteiger partial charge in [0.2, 0.25) is 6.79 Å². The van der Waals surface area contributed by atoms with Gasteiger partial charge in [-0.1, -0.05) is 36.9 Å². The molecule has 1 saturated carbocycles. The van der Waals surface area contributed by atoms with Crippen molar-refractivity contribution in [3.8, 4) is 22.1 Å². The lowest BCUT2D eigenvalue weighted by Gasteiger charge is -2.21. The van der Waals surface area contributed by atoms with E-state index in [9.17, 15) is 0 Å². The molecule has 0 amide bonds. The van der Waals surface area contributed by atoms with Crippen LogP contribution in [0, 0.1) is 5.92 Å². The van der Waals surface area contributed by atoms with Crippen LogP contribution in [-0.2, 0) is 13.0 Å². The van der Waals surface area contributed by atoms with Crippen LogP contribution < -0.4 is 9.47 Å². The Morgan fingerprint density at radius 2 is 1.93 bits per heavy atom. The summed E-state index contributed by atoms with van der Waals surface area (Å²) in [6.45, 7) is 1.27. The van der Waals surface area contributed by atoms with Crippen LogP contribution in [0.2, 0.25) is 5.02 Å². The second-order valence-corrected chi connectivity index (χ2v) is 9.03. The van der Waals surface area contributed by atoms with Crippen molar-refractivity contribution in [2.24, 2.45) is 5.92 Å². The first-order valence-electron chi connectivity index (χ1n) is 9.94. The molecule has 0 atom stereocenters. The molecule has 4 nitrogen and oxygen atoms in total. The first-order valence-corrected chi connectivity index (χ1v) is 11.2. The molecule has 2 aromatic heterocycles. The van der Waals surface area contributed by atoms with Gasteiger partial charge in [-0.2, -0.15) is 5.10 Å². The standard InChI is InChI=1S/C22H23ClN2O2S/c23-18-11-20-19(26-14-27-20)10-16(18)9-17-13-25(12-15-5-2-1-3-6-15)24-22(17)21-7-4-8-28-21/h4,7-8,10-11,13,15H,1-3,5-6,9,12,14H2. The van der Waals surface area contributed by atoms with Gasteiger partial charge >= 0.3 is 0 Å². The van der Waals surface area contributed by atoms with Crippen molar-refractivity contribution in [2.75, 3.05) is 6.79 Å². The van der Waals surface area contributed by atoms with Gasteiger partial charge in [0.15, 0.2) is 11.5 Å². The Hall–Kier alpha value is -1.98. The zero-order valence-corrected chi connectivity index (χ0v) is 17.3. The Bertz CT molecular complexity index is 961. The Balaban J connectivity index is 1.46. The minimum Gasteiger partial charge on any atom is -0.454 e. The largest absolute Gasteiger partial charge is 0.454 e. The van der Waals surface area contributed by atoms with Crippen molar-refractivity contribution in [1.29, 1.82) is 0 Å². The van der Waals surface area contributed by atoms with Crippen LogP contribution in [0.25, 0.3) is 10.6 Å². The third-order valence-corrected chi connectivity index (χ3v) is 6.91. The molecule has 3 heterocycles. The monoisotopic (exact) mass is 414 g/mol. The van der Waals surface area contributed by atoms with Crippen LogP contribution in [0.5, 0.6) is 11.5 Å². The van der Waals surface area contributed by atoms with Crippen LogP contribution in [0.4, 0.5) is 0 Å². The van der Waals surface area contributed by atoms with Crippen LogP contribution in [0.3, 0.4) is 0 Å². The minimum absolute atomic E-state index is 0.259. The summed E-state index contributed by atoms with van der Waals surface area (Å²) in [6.07, 6.45) is 9.66. The molecular weight excluding hydrogens is 392 g/mol. The molecule has 0 saturated heterocycles. The number of benzene rings is 1. The van der Waals surface area contributed by atoms with Gasteiger partial charge in [0, 0.05) is 35.8 Å². The lowest BCUT2D eigenvalue weighted by molar-refractivity contribution is 0.174. The molecule has 5 rings (SSSR count). The maximum atomic E-state index is 6.54. The van der Waals surface area contributed by atoms with E-state index in [1.54, 1.807) is 11.3 Å². The van der Waals surface area contributed by atoms with Gasteiger partial charge in [-0.15, -0.1) is 11.3 Å². The number of ether oxygens (including phenoxy) is 2. The molecule has 0 radical (unpaired) electrons. The highest BCUT2D eigenvalue weighted by Crippen LogP contribution is 2.38. The number of halogens is 1. The zero-order valence-electron chi connectivity index (χ0n) is 15.7. The van der Waals surface area contributed by atoms with Crippen LogP contribution in [-0.4, -0.2) is 16.6 Å². The molecule has 0 spiro atoms. The van der Waals surface area contributed by atoms with Gasteiger partial charge in [-0.25, -0.2) is 0 Å². The van der Waals surface area contributed by atoms with Gasteiger partial charge in [-0.05, 0) is 41.8 Å². The van der Waals surface area contributed by atoms with Crippen molar-refractivity contribution in [3.05, 3.63) is 52.0 Å². The van der Waals surface area contributed by atoms with Crippen molar-refractivity contribution in [3.63, 3.8) is 0 Å². The van der Waals surface area contributed by atoms with Crippen LogP contribution in [0.15, 0.2) is 35.8 Å². The number of hydrogen-bond acceptors (Lipinski definition) is 4. The molecule has 146 valence electrons. The fourth-order valence-corrected chi connectivity index (χ4v) is 5.21. The first kappa shape index (κ1) is 18.1. The normalized spacial score (nSPS) is 16.6. The number of rotatable bonds is 5. The number of hydrogen-bond donors (Lipinski definition) is 0. The summed E-state index contributed by atoms with van der Waals surface area (Å²) in [4.78, 5) is 1.20. The molecule has 3 aromatic rings. The molecule has 0 bridgehead atoms. The van der Waals surface area contributed by atoms with Crippen LogP contribution >= 0.6 is 22.9 Å². The number of thiophene rings is 1. The molecule has 1 aliphatic heterocycles. The number of nitrogens with zero attached hydrogens (tertiary/aromatic N) is 2. The second kappa shape index (κ2) is 7.80. The van der Waals surface area contributed by atoms with Gasteiger partial charge in [0.05, 0.1) is 4.88 Å². The predicted molar refractivity (Wildman–Crippen MR) is 112 cm³/mol. The second-order valence-electron chi connectivity index (χ2n) is 7.68. The van der Waals surface area contributed by atoms with E-state index in [4.69, 9.17) is 26.2 Å². The Kier molecular flexibility index (Phi) is 5.03. The third kappa shape index (κ3) is 3.65. The molecule has 28 heavy (non-hydrogen) atoms. The van der Waals surface area contributed by atoms with Crippen molar-refractivity contribution in [2.45, 2.75) is 45.1 Å². The highest BCUT2D eigenvalue weighted by atomic mass is 35.5. The van der Waals surface area contributed by atoms with E-state index in [0.29, 0.717) is 5.02 Å². The van der Waals surface area contributed by atoms with E-state index < -0.39 is 0 Å². The zero-order chi connectivity index (χ0) is 18.9. The molecule has 1 aliphatic carbocycles. The quantitative estimate of drug-likeness (QED) is 0.501. The van der Waals surface area contributed by atoms with Crippen molar-refractivity contribution < 1.29 is 9.47 Å². The molecule has 0 N–H and O–H groups in total. The summed E-state index contributed by atoms with van der Waals surface area (Å²) in [5, 5.41) is 7.79. The topological polar surface area (TPSA) is 36.3 Å². The maximum Gasteiger partial charge on any atom is 0.231 e. The summed E-state index contributed by atoms with van der Waals surface area (Å²) in [6, 6.07) is 8.08. The third-order valence-electron chi connectivity index (χ3n) is 5.68. The highest BCUT2D eigenvalue weighted by molar-refractivity contribution is 7.13.